The monoisotopic (exact) mass is 367 g/mol. The zero-order valence-electron chi connectivity index (χ0n) is 15.0. The first kappa shape index (κ1) is 17.9. The number of aryl methyl sites for hydroxylation is 2. The van der Waals surface area contributed by atoms with Crippen LogP contribution in [0.3, 0.4) is 0 Å². The Morgan fingerprint density at radius 1 is 1.27 bits per heavy atom. The van der Waals surface area contributed by atoms with E-state index < -0.39 is 0 Å². The molecule has 1 heterocycles. The SMILES string of the molecule is CCc1cccc(C)c1Nc1nc(N)c(C(=O)c2cccc(OC)c2)s1. The maximum absolute atomic E-state index is 12.8. The second-order valence-corrected chi connectivity index (χ2v) is 6.88. The molecule has 3 aromatic rings. The average Bonchev–Trinajstić information content (AvgIpc) is 3.03. The number of nitrogens with two attached hydrogens (primary N) is 1. The minimum absolute atomic E-state index is 0.160. The highest BCUT2D eigenvalue weighted by Gasteiger charge is 2.19. The second-order valence-electron chi connectivity index (χ2n) is 5.88. The number of thiazole rings is 1. The van der Waals surface area contributed by atoms with Crippen molar-refractivity contribution in [3.8, 4) is 5.75 Å². The van der Waals surface area contributed by atoms with Gasteiger partial charge in [0.25, 0.3) is 0 Å². The van der Waals surface area contributed by atoms with E-state index in [4.69, 9.17) is 10.5 Å². The lowest BCUT2D eigenvalue weighted by Gasteiger charge is -2.11. The van der Waals surface area contributed by atoms with Crippen LogP contribution in [-0.4, -0.2) is 17.9 Å². The van der Waals surface area contributed by atoms with Gasteiger partial charge in [0.2, 0.25) is 5.78 Å². The van der Waals surface area contributed by atoms with Crippen molar-refractivity contribution in [3.63, 3.8) is 0 Å². The highest BCUT2D eigenvalue weighted by Crippen LogP contribution is 2.32. The predicted octanol–water partition coefficient (Wildman–Crippen LogP) is 4.58. The molecule has 0 aliphatic heterocycles. The van der Waals surface area contributed by atoms with Gasteiger partial charge in [-0.2, -0.15) is 0 Å². The van der Waals surface area contributed by atoms with Crippen molar-refractivity contribution in [3.05, 3.63) is 64.0 Å². The van der Waals surface area contributed by atoms with Crippen molar-refractivity contribution in [1.82, 2.24) is 4.98 Å². The van der Waals surface area contributed by atoms with E-state index in [1.165, 1.54) is 16.9 Å². The van der Waals surface area contributed by atoms with Crippen LogP contribution in [0.5, 0.6) is 5.75 Å². The van der Waals surface area contributed by atoms with Gasteiger partial charge in [0.05, 0.1) is 7.11 Å². The molecular formula is C20H21N3O2S. The smallest absolute Gasteiger partial charge is 0.206 e. The highest BCUT2D eigenvalue weighted by molar-refractivity contribution is 7.18. The van der Waals surface area contributed by atoms with Crippen LogP contribution in [-0.2, 0) is 6.42 Å². The number of anilines is 3. The number of hydrogen-bond donors (Lipinski definition) is 2. The van der Waals surface area contributed by atoms with E-state index in [0.717, 1.165) is 17.7 Å². The molecule has 0 aliphatic carbocycles. The fourth-order valence-corrected chi connectivity index (χ4v) is 3.60. The van der Waals surface area contributed by atoms with Crippen LogP contribution < -0.4 is 15.8 Å². The molecule has 6 heteroatoms. The summed E-state index contributed by atoms with van der Waals surface area (Å²) in [7, 11) is 1.57. The Morgan fingerprint density at radius 2 is 2.04 bits per heavy atom. The number of aromatic nitrogens is 1. The van der Waals surface area contributed by atoms with Gasteiger partial charge in [-0.3, -0.25) is 4.79 Å². The third-order valence-corrected chi connectivity index (χ3v) is 5.15. The minimum atomic E-state index is -0.160. The Hall–Kier alpha value is -2.86. The molecule has 134 valence electrons. The number of benzene rings is 2. The van der Waals surface area contributed by atoms with Crippen LogP contribution in [0, 0.1) is 6.92 Å². The molecule has 0 unspecified atom stereocenters. The van der Waals surface area contributed by atoms with Crippen molar-refractivity contribution in [2.24, 2.45) is 0 Å². The van der Waals surface area contributed by atoms with E-state index in [0.29, 0.717) is 21.3 Å². The van der Waals surface area contributed by atoms with Crippen molar-refractivity contribution in [1.29, 1.82) is 0 Å². The Labute approximate surface area is 156 Å². The van der Waals surface area contributed by atoms with Crippen molar-refractivity contribution < 1.29 is 9.53 Å². The fraction of sp³-hybridized carbons (Fsp3) is 0.200. The molecule has 3 N–H and O–H groups in total. The number of ketones is 1. The quantitative estimate of drug-likeness (QED) is 0.624. The largest absolute Gasteiger partial charge is 0.497 e. The van der Waals surface area contributed by atoms with Crippen molar-refractivity contribution >= 4 is 33.8 Å². The molecule has 0 atom stereocenters. The van der Waals surface area contributed by atoms with E-state index >= 15 is 0 Å². The van der Waals surface area contributed by atoms with Gasteiger partial charge in [0.15, 0.2) is 5.13 Å². The number of nitrogen functional groups attached to an aromatic ring is 1. The van der Waals surface area contributed by atoms with Crippen LogP contribution in [0.15, 0.2) is 42.5 Å². The lowest BCUT2D eigenvalue weighted by atomic mass is 10.1. The van der Waals surface area contributed by atoms with Crippen LogP contribution in [0.25, 0.3) is 0 Å². The molecule has 2 aromatic carbocycles. The van der Waals surface area contributed by atoms with Gasteiger partial charge < -0.3 is 15.8 Å². The first-order valence-corrected chi connectivity index (χ1v) is 9.15. The van der Waals surface area contributed by atoms with Gasteiger partial charge in [-0.15, -0.1) is 0 Å². The van der Waals surface area contributed by atoms with Crippen LogP contribution in [0.1, 0.15) is 33.3 Å². The molecule has 0 bridgehead atoms. The van der Waals surface area contributed by atoms with Crippen LogP contribution in [0.4, 0.5) is 16.6 Å². The summed E-state index contributed by atoms with van der Waals surface area (Å²) >= 11 is 1.26. The number of rotatable bonds is 6. The molecule has 0 fully saturated rings. The van der Waals surface area contributed by atoms with E-state index in [1.54, 1.807) is 31.4 Å². The first-order valence-electron chi connectivity index (χ1n) is 8.34. The molecule has 0 spiro atoms. The molecule has 0 amide bonds. The third-order valence-electron chi connectivity index (χ3n) is 4.16. The number of nitrogens with zero attached hydrogens (tertiary/aromatic N) is 1. The first-order chi connectivity index (χ1) is 12.5. The number of carbonyl (C=O) groups is 1. The summed E-state index contributed by atoms with van der Waals surface area (Å²) in [6.45, 7) is 4.15. The topological polar surface area (TPSA) is 77.2 Å². The summed E-state index contributed by atoms with van der Waals surface area (Å²) in [5.74, 6) is 0.703. The van der Waals surface area contributed by atoms with Crippen LogP contribution >= 0.6 is 11.3 Å². The van der Waals surface area contributed by atoms with Crippen molar-refractivity contribution in [2.45, 2.75) is 20.3 Å². The predicted molar refractivity (Wildman–Crippen MR) is 107 cm³/mol. The molecule has 0 radical (unpaired) electrons. The number of para-hydroxylation sites is 1. The van der Waals surface area contributed by atoms with Gasteiger partial charge in [-0.1, -0.05) is 48.6 Å². The number of hydrogen-bond acceptors (Lipinski definition) is 6. The fourth-order valence-electron chi connectivity index (χ4n) is 2.75. The van der Waals surface area contributed by atoms with Crippen molar-refractivity contribution in [2.75, 3.05) is 18.2 Å². The standard InChI is InChI=1S/C20H21N3O2S/c1-4-13-8-5-7-12(2)16(13)22-20-23-19(21)18(26-20)17(24)14-9-6-10-15(11-14)25-3/h5-11H,4,21H2,1-3H3,(H,22,23). The van der Waals surface area contributed by atoms with E-state index in [2.05, 4.69) is 23.3 Å². The van der Waals surface area contributed by atoms with Gasteiger partial charge in [-0.25, -0.2) is 4.98 Å². The maximum atomic E-state index is 12.8. The summed E-state index contributed by atoms with van der Waals surface area (Å²) in [4.78, 5) is 17.6. The third kappa shape index (κ3) is 3.55. The average molecular weight is 367 g/mol. The molecule has 1 aromatic heterocycles. The van der Waals surface area contributed by atoms with Gasteiger partial charge in [0.1, 0.15) is 16.4 Å². The Bertz CT molecular complexity index is 950. The molecule has 0 saturated heterocycles. The lowest BCUT2D eigenvalue weighted by molar-refractivity contribution is 0.104. The number of ether oxygens (including phenoxy) is 1. The van der Waals surface area contributed by atoms with Gasteiger partial charge in [0, 0.05) is 11.3 Å². The number of carbonyl (C=O) groups excluding carboxylic acids is 1. The molecular weight excluding hydrogens is 346 g/mol. The van der Waals surface area contributed by atoms with E-state index in [-0.39, 0.29) is 11.6 Å². The molecule has 0 saturated carbocycles. The lowest BCUT2D eigenvalue weighted by Crippen LogP contribution is -2.02. The van der Waals surface area contributed by atoms with Crippen LogP contribution in [0.2, 0.25) is 0 Å². The summed E-state index contributed by atoms with van der Waals surface area (Å²) < 4.78 is 5.19. The molecule has 3 rings (SSSR count). The molecule has 5 nitrogen and oxygen atoms in total. The van der Waals surface area contributed by atoms with Gasteiger partial charge >= 0.3 is 0 Å². The Kier molecular flexibility index (Phi) is 5.23. The normalized spacial score (nSPS) is 10.6. The molecule has 26 heavy (non-hydrogen) atoms. The second kappa shape index (κ2) is 7.58. The Balaban J connectivity index is 1.91. The zero-order chi connectivity index (χ0) is 18.7. The number of nitrogens with one attached hydrogen (secondary N) is 1. The van der Waals surface area contributed by atoms with E-state index in [1.807, 2.05) is 19.1 Å². The number of methoxy groups -OCH3 is 1. The minimum Gasteiger partial charge on any atom is -0.497 e. The summed E-state index contributed by atoms with van der Waals surface area (Å²) in [5.41, 5.74) is 9.88. The summed E-state index contributed by atoms with van der Waals surface area (Å²) in [5, 5.41) is 3.94. The van der Waals surface area contributed by atoms with Gasteiger partial charge in [-0.05, 0) is 36.6 Å². The Morgan fingerprint density at radius 3 is 2.77 bits per heavy atom. The maximum Gasteiger partial charge on any atom is 0.206 e. The summed E-state index contributed by atoms with van der Waals surface area (Å²) in [6.07, 6.45) is 0.903. The zero-order valence-corrected chi connectivity index (χ0v) is 15.8. The molecule has 0 aliphatic rings. The summed E-state index contributed by atoms with van der Waals surface area (Å²) in [6, 6.07) is 13.2. The van der Waals surface area contributed by atoms with E-state index in [9.17, 15) is 4.79 Å². The highest BCUT2D eigenvalue weighted by atomic mass is 32.1.